The molecule has 2 aromatic rings. The van der Waals surface area contributed by atoms with Crippen LogP contribution in [0.15, 0.2) is 34.9 Å². The number of furan rings is 1. The Morgan fingerprint density at radius 2 is 2.24 bits per heavy atom. The zero-order valence-corrected chi connectivity index (χ0v) is 11.2. The molecule has 1 unspecified atom stereocenters. The maximum Gasteiger partial charge on any atom is 0.255 e. The number of amides is 1. The van der Waals surface area contributed by atoms with Gasteiger partial charge in [-0.25, -0.2) is 0 Å². The van der Waals surface area contributed by atoms with E-state index in [0.29, 0.717) is 16.9 Å². The summed E-state index contributed by atoms with van der Waals surface area (Å²) in [5.74, 6) is -0.0900. The van der Waals surface area contributed by atoms with Crippen LogP contribution < -0.4 is 5.32 Å². The Balaban J connectivity index is 2.14. The average Bonchev–Trinajstić information content (AvgIpc) is 2.79. The number of alkyl halides is 1. The monoisotopic (exact) mass is 295 g/mol. The van der Waals surface area contributed by atoms with Gasteiger partial charge in [0.05, 0.1) is 5.56 Å². The van der Waals surface area contributed by atoms with E-state index in [0.717, 1.165) is 17.4 Å². The molecule has 1 aromatic carbocycles. The fourth-order valence-corrected chi connectivity index (χ4v) is 1.76. The number of nitrogens with one attached hydrogen (secondary N) is 1. The molecule has 0 saturated carbocycles. The third-order valence-corrected chi connectivity index (χ3v) is 3.62. The summed E-state index contributed by atoms with van der Waals surface area (Å²) < 4.78 is 5.33. The summed E-state index contributed by atoms with van der Waals surface area (Å²) in [6.07, 6.45) is 2.49. The van der Waals surface area contributed by atoms with E-state index in [1.165, 1.54) is 6.26 Å². The normalized spacial score (nSPS) is 12.6. The highest BCUT2D eigenvalue weighted by atomic mass is 79.9. The van der Waals surface area contributed by atoms with E-state index in [1.807, 2.05) is 24.3 Å². The van der Waals surface area contributed by atoms with E-state index in [9.17, 15) is 4.79 Å². The molecule has 0 radical (unpaired) electrons. The van der Waals surface area contributed by atoms with Gasteiger partial charge in [-0.3, -0.25) is 4.79 Å². The Morgan fingerprint density at radius 1 is 1.47 bits per heavy atom. The molecule has 0 aliphatic rings. The van der Waals surface area contributed by atoms with Crippen LogP contribution in [0.25, 0.3) is 11.0 Å². The molecular weight excluding hydrogens is 282 g/mol. The van der Waals surface area contributed by atoms with Gasteiger partial charge >= 0.3 is 0 Å². The van der Waals surface area contributed by atoms with E-state index in [1.54, 1.807) is 0 Å². The van der Waals surface area contributed by atoms with Gasteiger partial charge in [0.1, 0.15) is 11.8 Å². The lowest BCUT2D eigenvalue weighted by Crippen LogP contribution is -2.29. The van der Waals surface area contributed by atoms with Crippen LogP contribution in [0.2, 0.25) is 0 Å². The molecule has 0 saturated heterocycles. The van der Waals surface area contributed by atoms with Gasteiger partial charge in [0.25, 0.3) is 5.91 Å². The minimum absolute atomic E-state index is 0.0900. The zero-order chi connectivity index (χ0) is 12.3. The van der Waals surface area contributed by atoms with Crippen LogP contribution in [0.3, 0.4) is 0 Å². The van der Waals surface area contributed by atoms with Crippen LogP contribution in [-0.2, 0) is 0 Å². The Hall–Kier alpha value is -1.29. The van der Waals surface area contributed by atoms with E-state index in [-0.39, 0.29) is 5.91 Å². The average molecular weight is 296 g/mol. The summed E-state index contributed by atoms with van der Waals surface area (Å²) in [7, 11) is 0. The van der Waals surface area contributed by atoms with Crippen molar-refractivity contribution >= 4 is 32.8 Å². The highest BCUT2D eigenvalue weighted by Crippen LogP contribution is 2.20. The molecule has 4 heteroatoms. The summed E-state index contributed by atoms with van der Waals surface area (Å²) in [5, 5.41) is 3.74. The van der Waals surface area contributed by atoms with Gasteiger partial charge < -0.3 is 9.73 Å². The van der Waals surface area contributed by atoms with Crippen molar-refractivity contribution in [3.8, 4) is 0 Å². The third-order valence-electron chi connectivity index (χ3n) is 2.65. The van der Waals surface area contributed by atoms with Crippen molar-refractivity contribution in [2.24, 2.45) is 0 Å². The second kappa shape index (κ2) is 5.36. The molecule has 0 aliphatic carbocycles. The van der Waals surface area contributed by atoms with Crippen molar-refractivity contribution in [3.63, 3.8) is 0 Å². The van der Waals surface area contributed by atoms with Crippen molar-refractivity contribution in [2.45, 2.75) is 18.2 Å². The van der Waals surface area contributed by atoms with Gasteiger partial charge in [-0.05, 0) is 12.5 Å². The first-order chi connectivity index (χ1) is 8.22. The predicted octanol–water partition coefficient (Wildman–Crippen LogP) is 3.34. The van der Waals surface area contributed by atoms with Gasteiger partial charge in [-0.1, -0.05) is 41.1 Å². The highest BCUT2D eigenvalue weighted by Gasteiger charge is 2.13. The number of halogens is 1. The van der Waals surface area contributed by atoms with Crippen molar-refractivity contribution in [2.75, 3.05) is 6.54 Å². The summed E-state index contributed by atoms with van der Waals surface area (Å²) >= 11 is 3.48. The molecule has 1 N–H and O–H groups in total. The molecule has 90 valence electrons. The maximum atomic E-state index is 11.9. The maximum absolute atomic E-state index is 11.9. The molecule has 0 spiro atoms. The largest absolute Gasteiger partial charge is 0.463 e. The van der Waals surface area contributed by atoms with E-state index in [4.69, 9.17) is 4.42 Å². The van der Waals surface area contributed by atoms with Gasteiger partial charge in [-0.2, -0.15) is 0 Å². The second-order valence-corrected chi connectivity index (χ2v) is 5.16. The molecule has 17 heavy (non-hydrogen) atoms. The number of carbonyl (C=O) groups excluding carboxylic acids is 1. The van der Waals surface area contributed by atoms with Crippen LogP contribution in [-0.4, -0.2) is 17.3 Å². The number of para-hydroxylation sites is 1. The lowest BCUT2D eigenvalue weighted by molar-refractivity contribution is 0.0954. The molecule has 2 rings (SSSR count). The predicted molar refractivity (Wildman–Crippen MR) is 71.6 cm³/mol. The smallest absolute Gasteiger partial charge is 0.255 e. The van der Waals surface area contributed by atoms with Crippen LogP contribution in [0.5, 0.6) is 0 Å². The third kappa shape index (κ3) is 2.69. The standard InChI is InChI=1S/C13H14BrNO2/c1-2-9(14)7-15-13(16)11-8-17-12-6-4-3-5-10(11)12/h3-6,8-9H,2,7H2,1H3,(H,15,16). The SMILES string of the molecule is CCC(Br)CNC(=O)c1coc2ccccc12. The number of hydrogen-bond donors (Lipinski definition) is 1. The molecule has 0 aliphatic heterocycles. The van der Waals surface area contributed by atoms with Crippen molar-refractivity contribution < 1.29 is 9.21 Å². The molecule has 1 heterocycles. The lowest BCUT2D eigenvalue weighted by atomic mass is 10.1. The number of hydrogen-bond acceptors (Lipinski definition) is 2. The lowest BCUT2D eigenvalue weighted by Gasteiger charge is -2.07. The molecule has 0 bridgehead atoms. The van der Waals surface area contributed by atoms with Crippen LogP contribution in [0.4, 0.5) is 0 Å². The molecule has 0 fully saturated rings. The quantitative estimate of drug-likeness (QED) is 0.879. The summed E-state index contributed by atoms with van der Waals surface area (Å²) in [6.45, 7) is 2.69. The fraction of sp³-hybridized carbons (Fsp3) is 0.308. The number of carbonyl (C=O) groups is 1. The molecule has 1 amide bonds. The Labute approximate surface area is 108 Å². The van der Waals surface area contributed by atoms with Gasteiger partial charge in [-0.15, -0.1) is 0 Å². The first-order valence-corrected chi connectivity index (χ1v) is 6.52. The first-order valence-electron chi connectivity index (χ1n) is 5.61. The molecule has 1 aromatic heterocycles. The van der Waals surface area contributed by atoms with Crippen molar-refractivity contribution in [3.05, 3.63) is 36.1 Å². The summed E-state index contributed by atoms with van der Waals surface area (Å²) in [6, 6.07) is 7.53. The zero-order valence-electron chi connectivity index (χ0n) is 9.57. The Morgan fingerprint density at radius 3 is 3.00 bits per heavy atom. The minimum atomic E-state index is -0.0900. The second-order valence-electron chi connectivity index (χ2n) is 3.86. The van der Waals surface area contributed by atoms with E-state index >= 15 is 0 Å². The summed E-state index contributed by atoms with van der Waals surface area (Å²) in [5.41, 5.74) is 1.33. The number of rotatable bonds is 4. The minimum Gasteiger partial charge on any atom is -0.463 e. The topological polar surface area (TPSA) is 42.2 Å². The van der Waals surface area contributed by atoms with Crippen molar-refractivity contribution in [1.29, 1.82) is 0 Å². The van der Waals surface area contributed by atoms with Gasteiger partial charge in [0, 0.05) is 16.8 Å². The summed E-state index contributed by atoms with van der Waals surface area (Å²) in [4.78, 5) is 12.3. The van der Waals surface area contributed by atoms with Gasteiger partial charge in [0.2, 0.25) is 0 Å². The highest BCUT2D eigenvalue weighted by molar-refractivity contribution is 9.09. The Kier molecular flexibility index (Phi) is 3.84. The molecule has 3 nitrogen and oxygen atoms in total. The van der Waals surface area contributed by atoms with E-state index in [2.05, 4.69) is 28.2 Å². The fourth-order valence-electron chi connectivity index (χ4n) is 1.60. The van der Waals surface area contributed by atoms with E-state index < -0.39 is 0 Å². The Bertz CT molecular complexity index is 521. The first kappa shape index (κ1) is 12.2. The van der Waals surface area contributed by atoms with Crippen LogP contribution in [0, 0.1) is 0 Å². The molecular formula is C13H14BrNO2. The molecule has 1 atom stereocenters. The van der Waals surface area contributed by atoms with Crippen LogP contribution in [0.1, 0.15) is 23.7 Å². The number of benzene rings is 1. The van der Waals surface area contributed by atoms with Crippen LogP contribution >= 0.6 is 15.9 Å². The van der Waals surface area contributed by atoms with Gasteiger partial charge in [0.15, 0.2) is 0 Å². The number of fused-ring (bicyclic) bond motifs is 1. The van der Waals surface area contributed by atoms with Crippen molar-refractivity contribution in [1.82, 2.24) is 5.32 Å².